The Kier molecular flexibility index (Phi) is 6.91. The topological polar surface area (TPSA) is 111 Å². The second kappa shape index (κ2) is 8.43. The van der Waals surface area contributed by atoms with Crippen LogP contribution in [0, 0.1) is 11.7 Å². The molecule has 2 unspecified atom stereocenters. The number of aromatic nitrogens is 3. The highest BCUT2D eigenvalue weighted by Gasteiger charge is 2.06. The minimum atomic E-state index is -0.481. The van der Waals surface area contributed by atoms with E-state index in [4.69, 9.17) is 16.6 Å². The van der Waals surface area contributed by atoms with Crippen LogP contribution in [0.4, 0.5) is 16.2 Å². The molecule has 0 saturated carbocycles. The summed E-state index contributed by atoms with van der Waals surface area (Å²) in [5.74, 6) is 0.162. The molecular weight excluding hydrogens is 285 g/mol. The molecule has 0 aliphatic rings. The number of aliphatic hydroxyl groups is 1. The molecule has 0 aromatic carbocycles. The Bertz CT molecular complexity index is 600. The smallest absolute Gasteiger partial charge is 0.222 e. The van der Waals surface area contributed by atoms with E-state index >= 15 is 0 Å². The van der Waals surface area contributed by atoms with Gasteiger partial charge in [0.2, 0.25) is 5.95 Å². The van der Waals surface area contributed by atoms with Crippen molar-refractivity contribution < 1.29 is 9.50 Å². The average molecular weight is 309 g/mol. The van der Waals surface area contributed by atoms with E-state index in [2.05, 4.69) is 28.8 Å². The maximum Gasteiger partial charge on any atom is 0.222 e. The second-order valence-corrected chi connectivity index (χ2v) is 5.35. The van der Waals surface area contributed by atoms with Gasteiger partial charge in [0.1, 0.15) is 11.3 Å². The first kappa shape index (κ1) is 18.0. The first-order chi connectivity index (χ1) is 10.3. The number of pyridine rings is 1. The molecule has 2 aromatic heterocycles. The summed E-state index contributed by atoms with van der Waals surface area (Å²) < 4.78 is 12.7. The molecule has 0 saturated heterocycles. The molecule has 0 radical (unpaired) electrons. The Morgan fingerprint density at radius 2 is 1.95 bits per heavy atom. The maximum atomic E-state index is 12.7. The number of unbranched alkanes of at least 4 members (excludes halogenated alkanes) is 1. The summed E-state index contributed by atoms with van der Waals surface area (Å²) in [4.78, 5) is 11.2. The zero-order valence-electron chi connectivity index (χ0n) is 13.3. The van der Waals surface area contributed by atoms with Crippen LogP contribution in [0.25, 0.3) is 11.0 Å². The molecule has 0 spiro atoms. The fraction of sp³-hybridized carbons (Fsp3) is 0.533. The van der Waals surface area contributed by atoms with E-state index in [9.17, 15) is 4.39 Å². The fourth-order valence-electron chi connectivity index (χ4n) is 1.80. The van der Waals surface area contributed by atoms with E-state index in [0.717, 1.165) is 12.6 Å². The van der Waals surface area contributed by atoms with Crippen molar-refractivity contribution >= 4 is 22.8 Å². The van der Waals surface area contributed by atoms with Gasteiger partial charge in [-0.2, -0.15) is 4.98 Å². The van der Waals surface area contributed by atoms with Crippen LogP contribution in [0.15, 0.2) is 12.3 Å². The number of hydrogen-bond donors (Lipinski definition) is 3. The summed E-state index contributed by atoms with van der Waals surface area (Å²) in [5.41, 5.74) is 11.5. The van der Waals surface area contributed by atoms with Crippen molar-refractivity contribution in [3.8, 4) is 0 Å². The van der Waals surface area contributed by atoms with E-state index in [1.807, 2.05) is 6.92 Å². The summed E-state index contributed by atoms with van der Waals surface area (Å²) >= 11 is 0. The Balaban J connectivity index is 0.000000239. The molecule has 7 heteroatoms. The lowest BCUT2D eigenvalue weighted by molar-refractivity contribution is 0.128. The number of nitrogens with two attached hydrogens (primary N) is 2. The van der Waals surface area contributed by atoms with Gasteiger partial charge in [0.25, 0.3) is 0 Å². The fourth-order valence-corrected chi connectivity index (χ4v) is 1.80. The first-order valence-corrected chi connectivity index (χ1v) is 7.37. The first-order valence-electron chi connectivity index (χ1n) is 7.37. The number of hydrogen-bond acceptors (Lipinski definition) is 6. The second-order valence-electron chi connectivity index (χ2n) is 5.35. The SMILES string of the molecule is CCCCC(C)C(C)O.Nc1nc(N)c2ncc(F)cc2n1. The highest BCUT2D eigenvalue weighted by molar-refractivity contribution is 5.84. The van der Waals surface area contributed by atoms with Gasteiger partial charge in [-0.1, -0.05) is 26.7 Å². The molecule has 0 aliphatic heterocycles. The lowest BCUT2D eigenvalue weighted by Gasteiger charge is -2.12. The van der Waals surface area contributed by atoms with Gasteiger partial charge >= 0.3 is 0 Å². The molecule has 0 fully saturated rings. The zero-order chi connectivity index (χ0) is 16.7. The van der Waals surface area contributed by atoms with Gasteiger partial charge in [-0.3, -0.25) is 0 Å². The van der Waals surface area contributed by atoms with Crippen LogP contribution in [0.1, 0.15) is 40.0 Å². The molecule has 2 atom stereocenters. The Morgan fingerprint density at radius 1 is 1.27 bits per heavy atom. The van der Waals surface area contributed by atoms with E-state index in [1.165, 1.54) is 18.9 Å². The minimum absolute atomic E-state index is 0.0115. The molecule has 122 valence electrons. The Morgan fingerprint density at radius 3 is 2.55 bits per heavy atom. The molecular formula is C15H24FN5O. The summed E-state index contributed by atoms with van der Waals surface area (Å²) in [6.45, 7) is 6.13. The lowest BCUT2D eigenvalue weighted by atomic mass is 10.00. The van der Waals surface area contributed by atoms with Crippen molar-refractivity contribution in [3.05, 3.63) is 18.1 Å². The van der Waals surface area contributed by atoms with E-state index in [1.54, 1.807) is 0 Å². The summed E-state index contributed by atoms with van der Waals surface area (Å²) in [7, 11) is 0. The van der Waals surface area contributed by atoms with Crippen molar-refractivity contribution in [2.45, 2.75) is 46.1 Å². The monoisotopic (exact) mass is 309 g/mol. The normalized spacial score (nSPS) is 13.3. The highest BCUT2D eigenvalue weighted by atomic mass is 19.1. The van der Waals surface area contributed by atoms with Crippen molar-refractivity contribution in [1.29, 1.82) is 0 Å². The number of fused-ring (bicyclic) bond motifs is 1. The number of rotatable bonds is 4. The van der Waals surface area contributed by atoms with Gasteiger partial charge in [-0.25, -0.2) is 14.4 Å². The number of halogens is 1. The maximum absolute atomic E-state index is 12.7. The number of nitrogens with zero attached hydrogens (tertiary/aromatic N) is 3. The largest absolute Gasteiger partial charge is 0.393 e. The van der Waals surface area contributed by atoms with E-state index in [-0.39, 0.29) is 17.9 Å². The highest BCUT2D eigenvalue weighted by Crippen LogP contribution is 2.16. The number of anilines is 2. The summed E-state index contributed by atoms with van der Waals surface area (Å²) in [5, 5.41) is 9.05. The van der Waals surface area contributed by atoms with Crippen molar-refractivity contribution in [1.82, 2.24) is 15.0 Å². The molecule has 2 aromatic rings. The number of nitrogen functional groups attached to an aromatic ring is 2. The molecule has 0 bridgehead atoms. The quantitative estimate of drug-likeness (QED) is 0.800. The van der Waals surface area contributed by atoms with E-state index in [0.29, 0.717) is 17.0 Å². The third kappa shape index (κ3) is 5.40. The van der Waals surface area contributed by atoms with Gasteiger partial charge in [-0.15, -0.1) is 0 Å². The predicted octanol–water partition coefficient (Wildman–Crippen LogP) is 2.52. The Hall–Kier alpha value is -2.02. The van der Waals surface area contributed by atoms with Crippen molar-refractivity contribution in [2.24, 2.45) is 5.92 Å². The van der Waals surface area contributed by atoms with Crippen LogP contribution >= 0.6 is 0 Å². The molecule has 0 amide bonds. The van der Waals surface area contributed by atoms with Gasteiger partial charge in [0.05, 0.1) is 17.8 Å². The molecule has 2 rings (SSSR count). The molecule has 0 aliphatic carbocycles. The lowest BCUT2D eigenvalue weighted by Crippen LogP contribution is -2.12. The van der Waals surface area contributed by atoms with Gasteiger partial charge in [0, 0.05) is 6.07 Å². The molecule has 22 heavy (non-hydrogen) atoms. The standard InChI is InChI=1S/C8H18O.C7H6FN5/c1-4-5-6-7(2)8(3)9;8-3-1-4-5(11-2-3)6(9)13-7(10)12-4/h7-9H,4-6H2,1-3H3;1-2H,(H4,9,10,12,13). The average Bonchev–Trinajstić information content (AvgIpc) is 2.44. The number of aliphatic hydroxyl groups excluding tert-OH is 1. The minimum Gasteiger partial charge on any atom is -0.393 e. The van der Waals surface area contributed by atoms with Crippen LogP contribution in [0.2, 0.25) is 0 Å². The predicted molar refractivity (Wildman–Crippen MR) is 86.5 cm³/mol. The molecule has 5 N–H and O–H groups in total. The summed E-state index contributed by atoms with van der Waals surface area (Å²) in [6, 6.07) is 1.21. The van der Waals surface area contributed by atoms with Gasteiger partial charge in [-0.05, 0) is 19.3 Å². The third-order valence-electron chi connectivity index (χ3n) is 3.38. The van der Waals surface area contributed by atoms with Crippen LogP contribution in [0.5, 0.6) is 0 Å². The van der Waals surface area contributed by atoms with Gasteiger partial charge < -0.3 is 16.6 Å². The van der Waals surface area contributed by atoms with E-state index < -0.39 is 5.82 Å². The molecule has 6 nitrogen and oxygen atoms in total. The van der Waals surface area contributed by atoms with Crippen molar-refractivity contribution in [2.75, 3.05) is 11.5 Å². The third-order valence-corrected chi connectivity index (χ3v) is 3.38. The molecule has 2 heterocycles. The van der Waals surface area contributed by atoms with Crippen LogP contribution in [0.3, 0.4) is 0 Å². The van der Waals surface area contributed by atoms with Gasteiger partial charge in [0.15, 0.2) is 5.82 Å². The van der Waals surface area contributed by atoms with Crippen molar-refractivity contribution in [3.63, 3.8) is 0 Å². The summed E-state index contributed by atoms with van der Waals surface area (Å²) in [6.07, 6.45) is 4.56. The van der Waals surface area contributed by atoms with Crippen LogP contribution < -0.4 is 11.5 Å². The zero-order valence-corrected chi connectivity index (χ0v) is 13.3. The van der Waals surface area contributed by atoms with Crippen LogP contribution in [-0.2, 0) is 0 Å². The van der Waals surface area contributed by atoms with Crippen LogP contribution in [-0.4, -0.2) is 26.2 Å². The Labute approximate surface area is 129 Å².